The van der Waals surface area contributed by atoms with E-state index in [2.05, 4.69) is 34.3 Å². The largest absolute Gasteiger partial charge is 0.398 e. The minimum atomic E-state index is -0.405. The Morgan fingerprint density at radius 2 is 1.93 bits per heavy atom. The van der Waals surface area contributed by atoms with Gasteiger partial charge in [-0.25, -0.2) is 0 Å². The monoisotopic (exact) mass is 416 g/mol. The maximum Gasteiger partial charge on any atom is 0.237 e. The zero-order valence-corrected chi connectivity index (χ0v) is 18.7. The summed E-state index contributed by atoms with van der Waals surface area (Å²) in [5, 5.41) is 2.97. The number of nitrogens with zero attached hydrogens (tertiary/aromatic N) is 2. The van der Waals surface area contributed by atoms with Crippen LogP contribution < -0.4 is 11.1 Å². The maximum atomic E-state index is 13.0. The number of pyridine rings is 1. The number of alkyl halides is 1. The van der Waals surface area contributed by atoms with Crippen LogP contribution in [0.4, 0.5) is 5.69 Å². The van der Waals surface area contributed by atoms with E-state index in [1.165, 1.54) is 0 Å². The van der Waals surface area contributed by atoms with Crippen molar-refractivity contribution in [2.45, 2.75) is 65.0 Å². The molecule has 1 heterocycles. The number of aromatic nitrogens is 1. The molecule has 2 aromatic rings. The molecule has 29 heavy (non-hydrogen) atoms. The molecular formula is C23H33ClN4O. The number of carbonyl (C=O) groups is 1. The van der Waals surface area contributed by atoms with Crippen LogP contribution in [0.5, 0.6) is 0 Å². The highest BCUT2D eigenvalue weighted by molar-refractivity contribution is 6.20. The number of amides is 1. The number of carbonyl (C=O) groups excluding carboxylic acids is 1. The predicted molar refractivity (Wildman–Crippen MR) is 121 cm³/mol. The number of nitrogens with one attached hydrogen (secondary N) is 1. The summed E-state index contributed by atoms with van der Waals surface area (Å²) in [6.45, 7) is 9.20. The normalized spacial score (nSPS) is 13.3. The van der Waals surface area contributed by atoms with Gasteiger partial charge in [-0.15, -0.1) is 11.6 Å². The molecule has 5 nitrogen and oxygen atoms in total. The third-order valence-corrected chi connectivity index (χ3v) is 5.56. The molecule has 1 aromatic carbocycles. The van der Waals surface area contributed by atoms with Gasteiger partial charge >= 0.3 is 0 Å². The molecule has 158 valence electrons. The van der Waals surface area contributed by atoms with Gasteiger partial charge in [0.25, 0.3) is 0 Å². The molecule has 6 heteroatoms. The summed E-state index contributed by atoms with van der Waals surface area (Å²) >= 11 is 6.81. The molecule has 2 rings (SSSR count). The predicted octanol–water partition coefficient (Wildman–Crippen LogP) is 4.20. The van der Waals surface area contributed by atoms with Crippen LogP contribution in [0.1, 0.15) is 49.1 Å². The van der Waals surface area contributed by atoms with Gasteiger partial charge in [0.15, 0.2) is 0 Å². The summed E-state index contributed by atoms with van der Waals surface area (Å²) < 4.78 is 0. The zero-order valence-electron chi connectivity index (χ0n) is 17.9. The van der Waals surface area contributed by atoms with E-state index in [9.17, 15) is 4.79 Å². The van der Waals surface area contributed by atoms with Crippen LogP contribution in [-0.2, 0) is 17.8 Å². The lowest BCUT2D eigenvalue weighted by atomic mass is 10.0. The molecule has 0 bridgehead atoms. The highest BCUT2D eigenvalue weighted by Gasteiger charge is 2.31. The number of anilines is 1. The van der Waals surface area contributed by atoms with Crippen molar-refractivity contribution in [3.8, 4) is 0 Å². The molecule has 0 spiro atoms. The molecule has 0 saturated carbocycles. The molecule has 1 amide bonds. The molecule has 0 saturated heterocycles. The summed E-state index contributed by atoms with van der Waals surface area (Å²) in [6, 6.07) is 9.53. The van der Waals surface area contributed by atoms with Crippen molar-refractivity contribution in [3.05, 3.63) is 58.9 Å². The van der Waals surface area contributed by atoms with Gasteiger partial charge in [0.2, 0.25) is 5.91 Å². The smallest absolute Gasteiger partial charge is 0.237 e. The lowest BCUT2D eigenvalue weighted by Gasteiger charge is -2.34. The molecule has 1 unspecified atom stereocenters. The van der Waals surface area contributed by atoms with Gasteiger partial charge in [-0.1, -0.05) is 31.5 Å². The van der Waals surface area contributed by atoms with E-state index in [0.717, 1.165) is 40.9 Å². The maximum absolute atomic E-state index is 13.0. The summed E-state index contributed by atoms with van der Waals surface area (Å²) in [7, 11) is 0. The molecule has 0 aliphatic carbocycles. The van der Waals surface area contributed by atoms with Gasteiger partial charge in [0, 0.05) is 37.1 Å². The number of aryl methyl sites for hydroxylation is 2. The second-order valence-electron chi connectivity index (χ2n) is 7.47. The number of nitrogen functional groups attached to an aromatic ring is 1. The fourth-order valence-electron chi connectivity index (χ4n) is 3.54. The summed E-state index contributed by atoms with van der Waals surface area (Å²) in [4.78, 5) is 19.5. The van der Waals surface area contributed by atoms with Gasteiger partial charge < -0.3 is 11.1 Å². The van der Waals surface area contributed by atoms with E-state index in [-0.39, 0.29) is 11.4 Å². The Bertz CT molecular complexity index is 774. The minimum absolute atomic E-state index is 0.0243. The SMILES string of the molecule is CCCC(Cl)N(Cc1cc(C)c(N)c(C)c1)[C@H](Cc1ccccn1)C(=O)NCC. The molecule has 0 aliphatic rings. The number of hydrogen-bond donors (Lipinski definition) is 2. The molecule has 3 N–H and O–H groups in total. The van der Waals surface area contributed by atoms with E-state index in [0.29, 0.717) is 19.5 Å². The molecule has 0 radical (unpaired) electrons. The number of benzene rings is 1. The Morgan fingerprint density at radius 1 is 1.24 bits per heavy atom. The average molecular weight is 417 g/mol. The topological polar surface area (TPSA) is 71.2 Å². The first-order valence-electron chi connectivity index (χ1n) is 10.3. The quantitative estimate of drug-likeness (QED) is 0.346. The van der Waals surface area contributed by atoms with Crippen LogP contribution in [0, 0.1) is 13.8 Å². The fourth-order valence-corrected chi connectivity index (χ4v) is 3.97. The Hall–Kier alpha value is -2.11. The number of likely N-dealkylation sites (N-methyl/N-ethyl adjacent to an activating group) is 1. The van der Waals surface area contributed by atoms with E-state index >= 15 is 0 Å². The first-order valence-corrected chi connectivity index (χ1v) is 10.7. The van der Waals surface area contributed by atoms with Crippen molar-refractivity contribution in [2.75, 3.05) is 12.3 Å². The minimum Gasteiger partial charge on any atom is -0.398 e. The second kappa shape index (κ2) is 11.2. The highest BCUT2D eigenvalue weighted by Crippen LogP contribution is 2.25. The third-order valence-electron chi connectivity index (χ3n) is 5.09. The van der Waals surface area contributed by atoms with Crippen molar-refractivity contribution >= 4 is 23.2 Å². The first-order chi connectivity index (χ1) is 13.9. The van der Waals surface area contributed by atoms with E-state index in [4.69, 9.17) is 17.3 Å². The van der Waals surface area contributed by atoms with Crippen molar-refractivity contribution in [2.24, 2.45) is 0 Å². The van der Waals surface area contributed by atoms with E-state index in [1.54, 1.807) is 6.20 Å². The van der Waals surface area contributed by atoms with Crippen LogP contribution >= 0.6 is 11.6 Å². The molecule has 1 aromatic heterocycles. The van der Waals surface area contributed by atoms with Gasteiger partial charge in [0.1, 0.15) is 0 Å². The summed E-state index contributed by atoms with van der Waals surface area (Å²) in [5.41, 5.74) is 10.7. The first kappa shape index (κ1) is 23.2. The highest BCUT2D eigenvalue weighted by atomic mass is 35.5. The lowest BCUT2D eigenvalue weighted by molar-refractivity contribution is -0.127. The van der Waals surface area contributed by atoms with Gasteiger partial charge in [0.05, 0.1) is 11.5 Å². The second-order valence-corrected chi connectivity index (χ2v) is 7.98. The van der Waals surface area contributed by atoms with E-state index < -0.39 is 6.04 Å². The third kappa shape index (κ3) is 6.44. The molecule has 0 aliphatic heterocycles. The number of rotatable bonds is 10. The van der Waals surface area contributed by atoms with Crippen LogP contribution in [0.2, 0.25) is 0 Å². The molecule has 0 fully saturated rings. The van der Waals surface area contributed by atoms with Crippen LogP contribution in [0.15, 0.2) is 36.5 Å². The Kier molecular flexibility index (Phi) is 8.93. The fraction of sp³-hybridized carbons (Fsp3) is 0.478. The van der Waals surface area contributed by atoms with Crippen molar-refractivity contribution in [3.63, 3.8) is 0 Å². The standard InChI is InChI=1S/C23H33ClN4O/c1-5-9-21(24)28(15-18-12-16(3)22(25)17(4)13-18)20(23(29)26-6-2)14-19-10-7-8-11-27-19/h7-8,10-13,20-21H,5-6,9,14-15,25H2,1-4H3,(H,26,29)/t20-,21?/m1/s1. The Morgan fingerprint density at radius 3 is 2.48 bits per heavy atom. The van der Waals surface area contributed by atoms with Gasteiger partial charge in [-0.05, 0) is 56.0 Å². The zero-order chi connectivity index (χ0) is 21.4. The Balaban J connectivity index is 2.40. The van der Waals surface area contributed by atoms with E-state index in [1.807, 2.05) is 39.0 Å². The number of halogens is 1. The summed E-state index contributed by atoms with van der Waals surface area (Å²) in [6.07, 6.45) is 4.00. The van der Waals surface area contributed by atoms with Gasteiger partial charge in [-0.3, -0.25) is 14.7 Å². The Labute approximate surface area is 179 Å². The number of hydrogen-bond acceptors (Lipinski definition) is 4. The number of nitrogens with two attached hydrogens (primary N) is 1. The molecule has 2 atom stereocenters. The van der Waals surface area contributed by atoms with Crippen molar-refractivity contribution in [1.82, 2.24) is 15.2 Å². The van der Waals surface area contributed by atoms with Crippen molar-refractivity contribution in [1.29, 1.82) is 0 Å². The van der Waals surface area contributed by atoms with Gasteiger partial charge in [-0.2, -0.15) is 0 Å². The molecular weight excluding hydrogens is 384 g/mol. The van der Waals surface area contributed by atoms with Crippen molar-refractivity contribution < 1.29 is 4.79 Å². The van der Waals surface area contributed by atoms with Crippen LogP contribution in [0.25, 0.3) is 0 Å². The lowest BCUT2D eigenvalue weighted by Crippen LogP contribution is -2.50. The average Bonchev–Trinajstić information content (AvgIpc) is 2.69. The summed E-state index contributed by atoms with van der Waals surface area (Å²) in [5.74, 6) is -0.0243. The van der Waals surface area contributed by atoms with Crippen LogP contribution in [0.3, 0.4) is 0 Å². The van der Waals surface area contributed by atoms with Crippen LogP contribution in [-0.4, -0.2) is 33.9 Å².